The Morgan fingerprint density at radius 1 is 0.966 bits per heavy atom. The van der Waals surface area contributed by atoms with Crippen molar-refractivity contribution in [3.8, 4) is 0 Å². The number of aryl methyl sites for hydroxylation is 2. The standard InChI is InChI=1S/C24H29ClN4/c1-15-9-16(2)11-17(10-15)14-27-19-4-6-20(7-5-19)28-23-13-24(26)29-22-12-18(25)3-8-21(22)23/h3,8-13,19-20,27H,4-7,14H2,1-2H3,(H3,26,28,29). The van der Waals surface area contributed by atoms with Crippen molar-refractivity contribution >= 4 is 34.0 Å². The lowest BCUT2D eigenvalue weighted by molar-refractivity contribution is 0.353. The van der Waals surface area contributed by atoms with E-state index in [1.165, 1.54) is 29.5 Å². The van der Waals surface area contributed by atoms with Crippen molar-refractivity contribution in [3.05, 3.63) is 64.2 Å². The van der Waals surface area contributed by atoms with Gasteiger partial charge in [-0.2, -0.15) is 0 Å². The molecule has 0 radical (unpaired) electrons. The highest BCUT2D eigenvalue weighted by molar-refractivity contribution is 6.31. The molecule has 0 aliphatic heterocycles. The molecule has 0 spiro atoms. The molecule has 0 saturated heterocycles. The molecule has 2 aromatic carbocycles. The SMILES string of the molecule is Cc1cc(C)cc(CNC2CCC(Nc3cc(N)nc4cc(Cl)ccc34)CC2)c1. The summed E-state index contributed by atoms with van der Waals surface area (Å²) in [4.78, 5) is 4.41. The molecule has 1 heterocycles. The zero-order valence-electron chi connectivity index (χ0n) is 17.1. The van der Waals surface area contributed by atoms with E-state index >= 15 is 0 Å². The number of aromatic nitrogens is 1. The van der Waals surface area contributed by atoms with Crippen molar-refractivity contribution in [2.75, 3.05) is 11.1 Å². The maximum absolute atomic E-state index is 6.11. The normalized spacial score (nSPS) is 19.4. The van der Waals surface area contributed by atoms with Gasteiger partial charge < -0.3 is 16.4 Å². The summed E-state index contributed by atoms with van der Waals surface area (Å²) in [5.74, 6) is 0.520. The molecule has 1 fully saturated rings. The van der Waals surface area contributed by atoms with Crippen molar-refractivity contribution in [1.29, 1.82) is 0 Å². The molecule has 4 rings (SSSR count). The number of anilines is 2. The summed E-state index contributed by atoms with van der Waals surface area (Å²) in [6, 6.07) is 15.5. The maximum Gasteiger partial charge on any atom is 0.126 e. The Morgan fingerprint density at radius 2 is 1.66 bits per heavy atom. The minimum atomic E-state index is 0.454. The first-order chi connectivity index (χ1) is 14.0. The predicted molar refractivity (Wildman–Crippen MR) is 124 cm³/mol. The van der Waals surface area contributed by atoms with Crippen molar-refractivity contribution in [1.82, 2.24) is 10.3 Å². The molecule has 0 amide bonds. The van der Waals surface area contributed by atoms with Crippen LogP contribution in [0.4, 0.5) is 11.5 Å². The van der Waals surface area contributed by atoms with E-state index < -0.39 is 0 Å². The number of pyridine rings is 1. The highest BCUT2D eigenvalue weighted by Crippen LogP contribution is 2.30. The van der Waals surface area contributed by atoms with Gasteiger partial charge in [0.1, 0.15) is 5.82 Å². The first-order valence-electron chi connectivity index (χ1n) is 10.4. The number of nitrogen functional groups attached to an aromatic ring is 1. The molecule has 0 bridgehead atoms. The predicted octanol–water partition coefficient (Wildman–Crippen LogP) is 5.60. The molecule has 152 valence electrons. The molecule has 29 heavy (non-hydrogen) atoms. The van der Waals surface area contributed by atoms with Crippen LogP contribution in [0.1, 0.15) is 42.4 Å². The highest BCUT2D eigenvalue weighted by atomic mass is 35.5. The van der Waals surface area contributed by atoms with Gasteiger partial charge in [-0.25, -0.2) is 4.98 Å². The van der Waals surface area contributed by atoms with Crippen LogP contribution in [0.2, 0.25) is 5.02 Å². The number of nitrogens with zero attached hydrogens (tertiary/aromatic N) is 1. The summed E-state index contributed by atoms with van der Waals surface area (Å²) in [7, 11) is 0. The first-order valence-corrected chi connectivity index (χ1v) is 10.8. The van der Waals surface area contributed by atoms with Gasteiger partial charge in [0.05, 0.1) is 5.52 Å². The lowest BCUT2D eigenvalue weighted by Gasteiger charge is -2.31. The van der Waals surface area contributed by atoms with E-state index in [2.05, 4.69) is 47.7 Å². The topological polar surface area (TPSA) is 63.0 Å². The number of hydrogen-bond donors (Lipinski definition) is 3. The number of rotatable bonds is 5. The summed E-state index contributed by atoms with van der Waals surface area (Å²) < 4.78 is 0. The number of hydrogen-bond acceptors (Lipinski definition) is 4. The molecule has 4 nitrogen and oxygen atoms in total. The Labute approximate surface area is 177 Å². The molecule has 1 aliphatic rings. The van der Waals surface area contributed by atoms with E-state index in [4.69, 9.17) is 17.3 Å². The summed E-state index contributed by atoms with van der Waals surface area (Å²) >= 11 is 6.11. The molecular formula is C24H29ClN4. The van der Waals surface area contributed by atoms with Crippen LogP contribution in [0.5, 0.6) is 0 Å². The van der Waals surface area contributed by atoms with Crippen LogP contribution in [-0.4, -0.2) is 17.1 Å². The van der Waals surface area contributed by atoms with Gasteiger partial charge in [0.25, 0.3) is 0 Å². The van der Waals surface area contributed by atoms with Gasteiger partial charge in [-0.1, -0.05) is 40.9 Å². The van der Waals surface area contributed by atoms with Crippen molar-refractivity contribution in [2.45, 2.75) is 58.2 Å². The largest absolute Gasteiger partial charge is 0.384 e. The summed E-state index contributed by atoms with van der Waals surface area (Å²) in [6.07, 6.45) is 4.63. The van der Waals surface area contributed by atoms with Gasteiger partial charge >= 0.3 is 0 Å². The zero-order valence-corrected chi connectivity index (χ0v) is 17.9. The minimum absolute atomic E-state index is 0.454. The van der Waals surface area contributed by atoms with E-state index in [0.717, 1.165) is 36.0 Å². The molecule has 4 N–H and O–H groups in total. The van der Waals surface area contributed by atoms with Crippen molar-refractivity contribution < 1.29 is 0 Å². The molecule has 5 heteroatoms. The zero-order chi connectivity index (χ0) is 20.4. The van der Waals surface area contributed by atoms with Gasteiger partial charge in [-0.15, -0.1) is 0 Å². The summed E-state index contributed by atoms with van der Waals surface area (Å²) in [5.41, 5.74) is 11.9. The van der Waals surface area contributed by atoms with Gasteiger partial charge in [0.15, 0.2) is 0 Å². The van der Waals surface area contributed by atoms with Crippen molar-refractivity contribution in [2.24, 2.45) is 0 Å². The fourth-order valence-corrected chi connectivity index (χ4v) is 4.60. The number of benzene rings is 2. The summed E-state index contributed by atoms with van der Waals surface area (Å²) in [5, 5.41) is 9.20. The molecule has 1 aromatic heterocycles. The maximum atomic E-state index is 6.11. The third-order valence-electron chi connectivity index (χ3n) is 5.75. The van der Waals surface area contributed by atoms with E-state index in [0.29, 0.717) is 22.9 Å². The van der Waals surface area contributed by atoms with E-state index in [1.54, 1.807) is 0 Å². The number of nitrogens with one attached hydrogen (secondary N) is 2. The smallest absolute Gasteiger partial charge is 0.126 e. The van der Waals surface area contributed by atoms with Crippen LogP contribution in [0.3, 0.4) is 0 Å². The fourth-order valence-electron chi connectivity index (χ4n) is 4.44. The minimum Gasteiger partial charge on any atom is -0.384 e. The van der Waals surface area contributed by atoms with E-state index in [-0.39, 0.29) is 0 Å². The molecule has 0 atom stereocenters. The Kier molecular flexibility index (Phi) is 5.93. The Balaban J connectivity index is 1.35. The van der Waals surface area contributed by atoms with Crippen LogP contribution < -0.4 is 16.4 Å². The van der Waals surface area contributed by atoms with Gasteiger partial charge in [-0.3, -0.25) is 0 Å². The number of fused-ring (bicyclic) bond motifs is 1. The van der Waals surface area contributed by atoms with E-state index in [9.17, 15) is 0 Å². The summed E-state index contributed by atoms with van der Waals surface area (Å²) in [6.45, 7) is 5.27. The van der Waals surface area contributed by atoms with Gasteiger partial charge in [-0.05, 0) is 63.3 Å². The van der Waals surface area contributed by atoms with Crippen LogP contribution >= 0.6 is 11.6 Å². The Morgan fingerprint density at radius 3 is 2.38 bits per heavy atom. The van der Waals surface area contributed by atoms with E-state index in [1.807, 2.05) is 24.3 Å². The Bertz CT molecular complexity index is 984. The van der Waals surface area contributed by atoms with Crippen LogP contribution in [0.15, 0.2) is 42.5 Å². The van der Waals surface area contributed by atoms with Gasteiger partial charge in [0.2, 0.25) is 0 Å². The first kappa shape index (κ1) is 20.0. The number of halogens is 1. The second-order valence-electron chi connectivity index (χ2n) is 8.33. The van der Waals surface area contributed by atoms with Gasteiger partial charge in [0, 0.05) is 40.8 Å². The van der Waals surface area contributed by atoms with Crippen molar-refractivity contribution in [3.63, 3.8) is 0 Å². The molecular weight excluding hydrogens is 380 g/mol. The highest BCUT2D eigenvalue weighted by Gasteiger charge is 2.21. The average Bonchev–Trinajstić information content (AvgIpc) is 2.66. The van der Waals surface area contributed by atoms with Crippen LogP contribution in [0.25, 0.3) is 10.9 Å². The lowest BCUT2D eigenvalue weighted by atomic mass is 9.90. The lowest BCUT2D eigenvalue weighted by Crippen LogP contribution is -2.36. The molecule has 0 unspecified atom stereocenters. The number of nitrogens with two attached hydrogens (primary N) is 1. The third-order valence-corrected chi connectivity index (χ3v) is 5.99. The fraction of sp³-hybridized carbons (Fsp3) is 0.375. The molecule has 1 saturated carbocycles. The van der Waals surface area contributed by atoms with Crippen LogP contribution in [-0.2, 0) is 6.54 Å². The molecule has 3 aromatic rings. The van der Waals surface area contributed by atoms with Crippen LogP contribution in [0, 0.1) is 13.8 Å². The molecule has 1 aliphatic carbocycles. The Hall–Kier alpha value is -2.30. The monoisotopic (exact) mass is 408 g/mol. The average molecular weight is 409 g/mol. The second kappa shape index (κ2) is 8.60. The third kappa shape index (κ3) is 5.01. The quantitative estimate of drug-likeness (QED) is 0.514. The second-order valence-corrected chi connectivity index (χ2v) is 8.76.